The minimum atomic E-state index is -0.369. The van der Waals surface area contributed by atoms with Crippen LogP contribution in [-0.2, 0) is 0 Å². The van der Waals surface area contributed by atoms with Gasteiger partial charge < -0.3 is 15.2 Å². The lowest BCUT2D eigenvalue weighted by molar-refractivity contribution is 0.0350. The molecule has 1 fully saturated rings. The molecule has 0 unspecified atom stereocenters. The molecule has 2 rings (SSSR count). The molecule has 0 bridgehead atoms. The molecule has 17 heavy (non-hydrogen) atoms. The number of aliphatic hydroxyl groups excluding tert-OH is 1. The molecular formula is C14H21NO2. The summed E-state index contributed by atoms with van der Waals surface area (Å²) in [6.45, 7) is 5.94. The molecule has 2 N–H and O–H groups in total. The Balaban J connectivity index is 2.05. The van der Waals surface area contributed by atoms with Crippen LogP contribution in [0.3, 0.4) is 0 Å². The highest BCUT2D eigenvalue weighted by Crippen LogP contribution is 2.20. The van der Waals surface area contributed by atoms with E-state index in [9.17, 15) is 5.11 Å². The average molecular weight is 235 g/mol. The molecule has 1 aliphatic heterocycles. The van der Waals surface area contributed by atoms with Gasteiger partial charge >= 0.3 is 0 Å². The van der Waals surface area contributed by atoms with Gasteiger partial charge in [0, 0.05) is 0 Å². The molecule has 0 spiro atoms. The third kappa shape index (κ3) is 3.20. The zero-order chi connectivity index (χ0) is 12.3. The molecule has 1 aromatic carbocycles. The Bertz CT molecular complexity index is 378. The van der Waals surface area contributed by atoms with E-state index < -0.39 is 0 Å². The third-order valence-electron chi connectivity index (χ3n) is 3.42. The summed E-state index contributed by atoms with van der Waals surface area (Å²) < 4.78 is 5.89. The smallest absolute Gasteiger partial charge is 0.126 e. The van der Waals surface area contributed by atoms with Crippen LogP contribution in [0.1, 0.15) is 24.0 Å². The number of nitrogens with one attached hydrogen (secondary N) is 1. The number of hydrogen-bond acceptors (Lipinski definition) is 3. The summed E-state index contributed by atoms with van der Waals surface area (Å²) in [6, 6.07) is 6.08. The van der Waals surface area contributed by atoms with Crippen molar-refractivity contribution in [2.24, 2.45) is 0 Å². The van der Waals surface area contributed by atoms with Crippen molar-refractivity contribution < 1.29 is 9.84 Å². The number of aliphatic hydroxyl groups is 1. The van der Waals surface area contributed by atoms with E-state index in [1.54, 1.807) is 0 Å². The molecule has 3 nitrogen and oxygen atoms in total. The Morgan fingerprint density at radius 1 is 1.18 bits per heavy atom. The quantitative estimate of drug-likeness (QED) is 0.821. The van der Waals surface area contributed by atoms with Gasteiger partial charge in [0.2, 0.25) is 0 Å². The molecule has 0 radical (unpaired) electrons. The van der Waals surface area contributed by atoms with Crippen LogP contribution < -0.4 is 10.1 Å². The summed E-state index contributed by atoms with van der Waals surface area (Å²) in [5.41, 5.74) is 2.49. The molecule has 0 aliphatic carbocycles. The van der Waals surface area contributed by atoms with Crippen molar-refractivity contribution in [2.45, 2.75) is 38.9 Å². The fourth-order valence-electron chi connectivity index (χ4n) is 2.10. The summed E-state index contributed by atoms with van der Waals surface area (Å²) in [5.74, 6) is 0.860. The summed E-state index contributed by atoms with van der Waals surface area (Å²) in [7, 11) is 0. The third-order valence-corrected chi connectivity index (χ3v) is 3.42. The van der Waals surface area contributed by atoms with Crippen molar-refractivity contribution >= 4 is 0 Å². The summed E-state index contributed by atoms with van der Waals surface area (Å²) in [5, 5.41) is 13.2. The SMILES string of the molecule is Cc1ccc(O[C@H]2CCNCC[C@@H]2O)cc1C. The molecule has 1 saturated heterocycles. The van der Waals surface area contributed by atoms with Crippen molar-refractivity contribution in [1.82, 2.24) is 5.32 Å². The lowest BCUT2D eigenvalue weighted by Crippen LogP contribution is -2.31. The van der Waals surface area contributed by atoms with Crippen LogP contribution in [0.25, 0.3) is 0 Å². The zero-order valence-corrected chi connectivity index (χ0v) is 10.6. The maximum Gasteiger partial charge on any atom is 0.126 e. The van der Waals surface area contributed by atoms with E-state index in [4.69, 9.17) is 4.74 Å². The summed E-state index contributed by atoms with van der Waals surface area (Å²) in [6.07, 6.45) is 1.16. The van der Waals surface area contributed by atoms with E-state index in [-0.39, 0.29) is 12.2 Å². The Kier molecular flexibility index (Phi) is 4.02. The first kappa shape index (κ1) is 12.4. The fraction of sp³-hybridized carbons (Fsp3) is 0.571. The minimum Gasteiger partial charge on any atom is -0.488 e. The first-order chi connectivity index (χ1) is 8.16. The first-order valence-corrected chi connectivity index (χ1v) is 6.29. The van der Waals surface area contributed by atoms with Crippen LogP contribution in [0.2, 0.25) is 0 Å². The lowest BCUT2D eigenvalue weighted by atomic mass is 10.1. The van der Waals surface area contributed by atoms with E-state index in [2.05, 4.69) is 25.2 Å². The van der Waals surface area contributed by atoms with E-state index in [0.29, 0.717) is 0 Å². The Morgan fingerprint density at radius 2 is 1.94 bits per heavy atom. The Hall–Kier alpha value is -1.06. The fourth-order valence-corrected chi connectivity index (χ4v) is 2.10. The number of benzene rings is 1. The summed E-state index contributed by atoms with van der Waals surface area (Å²) >= 11 is 0. The van der Waals surface area contributed by atoms with Gasteiger partial charge in [0.15, 0.2) is 0 Å². The molecule has 1 aromatic rings. The molecule has 0 amide bonds. The number of hydrogen-bond donors (Lipinski definition) is 2. The lowest BCUT2D eigenvalue weighted by Gasteiger charge is -2.22. The predicted octanol–water partition coefficient (Wildman–Crippen LogP) is 1.80. The Morgan fingerprint density at radius 3 is 2.71 bits per heavy atom. The number of aryl methyl sites for hydroxylation is 2. The second-order valence-corrected chi connectivity index (χ2v) is 4.80. The van der Waals surface area contributed by atoms with Crippen LogP contribution in [0.5, 0.6) is 5.75 Å². The monoisotopic (exact) mass is 235 g/mol. The molecule has 0 aromatic heterocycles. The van der Waals surface area contributed by atoms with Gasteiger partial charge in [-0.3, -0.25) is 0 Å². The highest BCUT2D eigenvalue weighted by Gasteiger charge is 2.23. The maximum absolute atomic E-state index is 9.97. The first-order valence-electron chi connectivity index (χ1n) is 6.29. The van der Waals surface area contributed by atoms with Crippen LogP contribution >= 0.6 is 0 Å². The van der Waals surface area contributed by atoms with E-state index in [1.807, 2.05) is 12.1 Å². The van der Waals surface area contributed by atoms with E-state index in [1.165, 1.54) is 11.1 Å². The predicted molar refractivity (Wildman–Crippen MR) is 68.4 cm³/mol. The zero-order valence-electron chi connectivity index (χ0n) is 10.6. The summed E-state index contributed by atoms with van der Waals surface area (Å²) in [4.78, 5) is 0. The molecule has 0 saturated carbocycles. The normalized spacial score (nSPS) is 25.4. The van der Waals surface area contributed by atoms with Crippen molar-refractivity contribution in [3.63, 3.8) is 0 Å². The largest absolute Gasteiger partial charge is 0.488 e. The van der Waals surface area contributed by atoms with Gasteiger partial charge in [-0.15, -0.1) is 0 Å². The van der Waals surface area contributed by atoms with Gasteiger partial charge in [-0.1, -0.05) is 6.07 Å². The van der Waals surface area contributed by atoms with Crippen molar-refractivity contribution in [1.29, 1.82) is 0 Å². The van der Waals surface area contributed by atoms with E-state index in [0.717, 1.165) is 31.7 Å². The molecular weight excluding hydrogens is 214 g/mol. The molecule has 94 valence electrons. The molecule has 3 heteroatoms. The van der Waals surface area contributed by atoms with Crippen LogP contribution in [0, 0.1) is 13.8 Å². The van der Waals surface area contributed by atoms with Crippen LogP contribution in [-0.4, -0.2) is 30.4 Å². The highest BCUT2D eigenvalue weighted by molar-refractivity contribution is 5.34. The standard InChI is InChI=1S/C14H21NO2/c1-10-3-4-12(9-11(10)2)17-14-6-8-15-7-5-13(14)16/h3-4,9,13-16H,5-8H2,1-2H3/t13-,14-/m0/s1. The molecule has 1 aliphatic rings. The number of rotatable bonds is 2. The topological polar surface area (TPSA) is 41.5 Å². The van der Waals surface area contributed by atoms with Gasteiger partial charge in [-0.05, 0) is 63.0 Å². The van der Waals surface area contributed by atoms with Gasteiger partial charge in [-0.2, -0.15) is 0 Å². The second-order valence-electron chi connectivity index (χ2n) is 4.80. The van der Waals surface area contributed by atoms with Gasteiger partial charge in [0.05, 0.1) is 6.10 Å². The van der Waals surface area contributed by atoms with Crippen LogP contribution in [0.15, 0.2) is 18.2 Å². The van der Waals surface area contributed by atoms with Crippen LogP contribution in [0.4, 0.5) is 0 Å². The maximum atomic E-state index is 9.97. The second kappa shape index (κ2) is 5.52. The Labute approximate surface area is 103 Å². The highest BCUT2D eigenvalue weighted by atomic mass is 16.5. The van der Waals surface area contributed by atoms with Crippen molar-refractivity contribution in [2.75, 3.05) is 13.1 Å². The minimum absolute atomic E-state index is 0.0906. The van der Waals surface area contributed by atoms with Gasteiger partial charge in [0.1, 0.15) is 11.9 Å². The van der Waals surface area contributed by atoms with Gasteiger partial charge in [-0.25, -0.2) is 0 Å². The average Bonchev–Trinajstić information content (AvgIpc) is 2.50. The molecule has 1 heterocycles. The molecule has 2 atom stereocenters. The van der Waals surface area contributed by atoms with Gasteiger partial charge in [0.25, 0.3) is 0 Å². The van der Waals surface area contributed by atoms with Crippen molar-refractivity contribution in [3.05, 3.63) is 29.3 Å². The van der Waals surface area contributed by atoms with Crippen molar-refractivity contribution in [3.8, 4) is 5.75 Å². The van der Waals surface area contributed by atoms with E-state index >= 15 is 0 Å². The number of ether oxygens (including phenoxy) is 1.